The Morgan fingerprint density at radius 1 is 1.67 bits per heavy atom. The van der Waals surface area contributed by atoms with Crippen LogP contribution in [0.25, 0.3) is 0 Å². The number of hydrogen-bond donors (Lipinski definition) is 2. The van der Waals surface area contributed by atoms with Gasteiger partial charge < -0.3 is 10.6 Å². The third-order valence-electron chi connectivity index (χ3n) is 2.86. The van der Waals surface area contributed by atoms with Crippen LogP contribution in [-0.4, -0.2) is 43.0 Å². The van der Waals surface area contributed by atoms with Crippen molar-refractivity contribution in [3.8, 4) is 0 Å². The van der Waals surface area contributed by atoms with Crippen LogP contribution < -0.4 is 10.6 Å². The zero-order chi connectivity index (χ0) is 12.1. The van der Waals surface area contributed by atoms with Gasteiger partial charge in [-0.05, 0) is 18.4 Å². The average molecular weight is 290 g/mol. The first-order valence-corrected chi connectivity index (χ1v) is 6.87. The van der Waals surface area contributed by atoms with Crippen molar-refractivity contribution in [3.63, 3.8) is 0 Å². The lowest BCUT2D eigenvalue weighted by molar-refractivity contribution is -0.122. The van der Waals surface area contributed by atoms with Crippen LogP contribution in [0.3, 0.4) is 0 Å². The second-order valence-corrected chi connectivity index (χ2v) is 5.48. The number of piperazine rings is 1. The van der Waals surface area contributed by atoms with Crippen LogP contribution in [0.1, 0.15) is 11.8 Å². The van der Waals surface area contributed by atoms with E-state index < -0.39 is 0 Å². The SMILES string of the molecule is CC1CN(CC(=O)NCc2cccs2)CCN1.Cl. The van der Waals surface area contributed by atoms with Crippen molar-refractivity contribution in [1.82, 2.24) is 15.5 Å². The molecule has 4 nitrogen and oxygen atoms in total. The number of hydrogen-bond acceptors (Lipinski definition) is 4. The van der Waals surface area contributed by atoms with Gasteiger partial charge in [0.25, 0.3) is 0 Å². The summed E-state index contributed by atoms with van der Waals surface area (Å²) >= 11 is 1.67. The minimum absolute atomic E-state index is 0. The minimum atomic E-state index is 0. The molecule has 0 spiro atoms. The van der Waals surface area contributed by atoms with Gasteiger partial charge in [-0.25, -0.2) is 0 Å². The second-order valence-electron chi connectivity index (χ2n) is 4.45. The van der Waals surface area contributed by atoms with E-state index in [4.69, 9.17) is 0 Å². The molecule has 1 unspecified atom stereocenters. The van der Waals surface area contributed by atoms with Crippen LogP contribution in [0.5, 0.6) is 0 Å². The maximum Gasteiger partial charge on any atom is 0.234 e. The molecule has 2 heterocycles. The molecular weight excluding hydrogens is 270 g/mol. The molecule has 1 aromatic heterocycles. The van der Waals surface area contributed by atoms with E-state index in [1.165, 1.54) is 4.88 Å². The molecule has 6 heteroatoms. The van der Waals surface area contributed by atoms with Crippen molar-refractivity contribution >= 4 is 29.7 Å². The Hall–Kier alpha value is -0.620. The highest BCUT2D eigenvalue weighted by atomic mass is 35.5. The van der Waals surface area contributed by atoms with Gasteiger partial charge in [0.15, 0.2) is 0 Å². The summed E-state index contributed by atoms with van der Waals surface area (Å²) in [5.41, 5.74) is 0. The molecule has 1 aliphatic heterocycles. The third kappa shape index (κ3) is 4.94. The van der Waals surface area contributed by atoms with Crippen LogP contribution in [0.4, 0.5) is 0 Å². The largest absolute Gasteiger partial charge is 0.350 e. The lowest BCUT2D eigenvalue weighted by Crippen LogP contribution is -2.51. The predicted octanol–water partition coefficient (Wildman–Crippen LogP) is 1.08. The molecule has 18 heavy (non-hydrogen) atoms. The lowest BCUT2D eigenvalue weighted by atomic mass is 10.2. The third-order valence-corrected chi connectivity index (χ3v) is 3.74. The van der Waals surface area contributed by atoms with E-state index in [1.807, 2.05) is 17.5 Å². The molecule has 0 saturated carbocycles. The average Bonchev–Trinajstić information content (AvgIpc) is 2.79. The van der Waals surface area contributed by atoms with Crippen molar-refractivity contribution in [1.29, 1.82) is 0 Å². The molecule has 102 valence electrons. The summed E-state index contributed by atoms with van der Waals surface area (Å²) in [7, 11) is 0. The van der Waals surface area contributed by atoms with Crippen molar-refractivity contribution in [2.75, 3.05) is 26.2 Å². The fourth-order valence-electron chi connectivity index (χ4n) is 2.01. The number of rotatable bonds is 4. The highest BCUT2D eigenvalue weighted by Crippen LogP contribution is 2.07. The summed E-state index contributed by atoms with van der Waals surface area (Å²) in [6.07, 6.45) is 0. The molecule has 0 radical (unpaired) electrons. The standard InChI is InChI=1S/C12H19N3OS.ClH/c1-10-8-15(5-4-13-10)9-12(16)14-7-11-3-2-6-17-11;/h2-3,6,10,13H,4-5,7-9H2,1H3,(H,14,16);1H. The molecule has 0 bridgehead atoms. The first-order chi connectivity index (χ1) is 8.24. The van der Waals surface area contributed by atoms with Gasteiger partial charge in [-0.3, -0.25) is 9.69 Å². The zero-order valence-corrected chi connectivity index (χ0v) is 12.1. The molecule has 0 aliphatic carbocycles. The Kier molecular flexibility index (Phi) is 6.63. The topological polar surface area (TPSA) is 44.4 Å². The molecule has 1 aromatic rings. The summed E-state index contributed by atoms with van der Waals surface area (Å²) in [6.45, 7) is 6.19. The van der Waals surface area contributed by atoms with Crippen LogP contribution in [-0.2, 0) is 11.3 Å². The Balaban J connectivity index is 0.00000162. The highest BCUT2D eigenvalue weighted by Gasteiger charge is 2.17. The van der Waals surface area contributed by atoms with Crippen molar-refractivity contribution < 1.29 is 4.79 Å². The molecule has 1 fully saturated rings. The molecule has 1 saturated heterocycles. The predicted molar refractivity (Wildman–Crippen MR) is 77.3 cm³/mol. The molecule has 1 aliphatic rings. The van der Waals surface area contributed by atoms with Gasteiger partial charge in [0.05, 0.1) is 13.1 Å². The number of thiophene rings is 1. The number of nitrogens with zero attached hydrogens (tertiary/aromatic N) is 1. The van der Waals surface area contributed by atoms with Crippen molar-refractivity contribution in [2.24, 2.45) is 0 Å². The molecule has 0 aromatic carbocycles. The normalized spacial score (nSPS) is 20.2. The molecule has 1 atom stereocenters. The highest BCUT2D eigenvalue weighted by molar-refractivity contribution is 7.09. The Bertz CT molecular complexity index is 358. The summed E-state index contributed by atoms with van der Waals surface area (Å²) in [4.78, 5) is 15.1. The number of nitrogens with one attached hydrogen (secondary N) is 2. The Labute approximate surface area is 118 Å². The summed E-state index contributed by atoms with van der Waals surface area (Å²) < 4.78 is 0. The van der Waals surface area contributed by atoms with Crippen LogP contribution in [0, 0.1) is 0 Å². The monoisotopic (exact) mass is 289 g/mol. The number of halogens is 1. The van der Waals surface area contributed by atoms with Gasteiger partial charge >= 0.3 is 0 Å². The van der Waals surface area contributed by atoms with Crippen molar-refractivity contribution in [3.05, 3.63) is 22.4 Å². The number of carbonyl (C=O) groups excluding carboxylic acids is 1. The Morgan fingerprint density at radius 3 is 3.17 bits per heavy atom. The fourth-order valence-corrected chi connectivity index (χ4v) is 2.66. The van der Waals surface area contributed by atoms with E-state index in [0.717, 1.165) is 19.6 Å². The van der Waals surface area contributed by atoms with Gasteiger partial charge in [-0.15, -0.1) is 23.7 Å². The fraction of sp³-hybridized carbons (Fsp3) is 0.583. The zero-order valence-electron chi connectivity index (χ0n) is 10.5. The molecule has 1 amide bonds. The quantitative estimate of drug-likeness (QED) is 0.872. The summed E-state index contributed by atoms with van der Waals surface area (Å²) in [5, 5.41) is 8.35. The first kappa shape index (κ1) is 15.4. The second kappa shape index (κ2) is 7.74. The molecular formula is C12H20ClN3OS. The van der Waals surface area contributed by atoms with E-state index in [9.17, 15) is 4.79 Å². The Morgan fingerprint density at radius 2 is 2.50 bits per heavy atom. The minimum Gasteiger partial charge on any atom is -0.350 e. The van der Waals surface area contributed by atoms with Crippen LogP contribution in [0.15, 0.2) is 17.5 Å². The van der Waals surface area contributed by atoms with Gasteiger partial charge in [0.2, 0.25) is 5.91 Å². The number of amides is 1. The van der Waals surface area contributed by atoms with E-state index >= 15 is 0 Å². The van der Waals surface area contributed by atoms with Crippen LogP contribution in [0.2, 0.25) is 0 Å². The van der Waals surface area contributed by atoms with E-state index in [-0.39, 0.29) is 18.3 Å². The van der Waals surface area contributed by atoms with E-state index in [2.05, 4.69) is 22.5 Å². The van der Waals surface area contributed by atoms with E-state index in [1.54, 1.807) is 11.3 Å². The molecule has 2 rings (SSSR count). The van der Waals surface area contributed by atoms with E-state index in [0.29, 0.717) is 19.1 Å². The van der Waals surface area contributed by atoms with Gasteiger partial charge in [-0.1, -0.05) is 6.07 Å². The lowest BCUT2D eigenvalue weighted by Gasteiger charge is -2.31. The number of carbonyl (C=O) groups is 1. The van der Waals surface area contributed by atoms with Crippen LogP contribution >= 0.6 is 23.7 Å². The summed E-state index contributed by atoms with van der Waals surface area (Å²) in [6, 6.07) is 4.52. The summed E-state index contributed by atoms with van der Waals surface area (Å²) in [5.74, 6) is 0.118. The molecule has 2 N–H and O–H groups in total. The van der Waals surface area contributed by atoms with Crippen molar-refractivity contribution in [2.45, 2.75) is 19.5 Å². The maximum absolute atomic E-state index is 11.7. The maximum atomic E-state index is 11.7. The first-order valence-electron chi connectivity index (χ1n) is 5.99. The smallest absolute Gasteiger partial charge is 0.234 e. The van der Waals surface area contributed by atoms with Gasteiger partial charge in [0.1, 0.15) is 0 Å². The van der Waals surface area contributed by atoms with Gasteiger partial charge in [-0.2, -0.15) is 0 Å². The van der Waals surface area contributed by atoms with Gasteiger partial charge in [0, 0.05) is 30.6 Å².